The van der Waals surface area contributed by atoms with Crippen molar-refractivity contribution >= 4 is 32.9 Å². The number of carbonyl (C=O) groups excluding carboxylic acids is 1. The maximum atomic E-state index is 13.3. The smallest absolute Gasteiger partial charge is 0.258 e. The summed E-state index contributed by atoms with van der Waals surface area (Å²) in [5.74, 6) is 0.0164. The first-order valence-electron chi connectivity index (χ1n) is 11.1. The van der Waals surface area contributed by atoms with Crippen LogP contribution in [0.15, 0.2) is 47.4 Å². The Kier molecular flexibility index (Phi) is 6.30. The first-order valence-corrected chi connectivity index (χ1v) is 12.6. The molecule has 1 fully saturated rings. The van der Waals surface area contributed by atoms with E-state index in [4.69, 9.17) is 4.74 Å². The second-order valence-electron chi connectivity index (χ2n) is 9.08. The van der Waals surface area contributed by atoms with Gasteiger partial charge in [-0.1, -0.05) is 25.1 Å². The van der Waals surface area contributed by atoms with Gasteiger partial charge in [-0.25, -0.2) is 13.4 Å². The van der Waals surface area contributed by atoms with Gasteiger partial charge in [-0.05, 0) is 57.0 Å². The van der Waals surface area contributed by atoms with Gasteiger partial charge in [-0.2, -0.15) is 4.31 Å². The van der Waals surface area contributed by atoms with E-state index in [0.29, 0.717) is 44.2 Å². The number of hydrogen-bond donors (Lipinski definition) is 1. The molecule has 1 aliphatic rings. The molecule has 0 bridgehead atoms. The standard InChI is InChI=1S/C24H30N4O4S/c1-5-17-10-11-18(16-21(17)33(30,31)27-12-14-32-15-13-27)22(29)26-23-25-19-8-6-7-9-20(19)28(23)24(2,3)4/h6-11,16H,5,12-15H2,1-4H3,(H,25,26,29). The highest BCUT2D eigenvalue weighted by molar-refractivity contribution is 7.89. The van der Waals surface area contributed by atoms with Gasteiger partial charge in [0.25, 0.3) is 5.91 Å². The van der Waals surface area contributed by atoms with Crippen LogP contribution in [0.25, 0.3) is 11.0 Å². The van der Waals surface area contributed by atoms with Crippen molar-refractivity contribution in [2.45, 2.75) is 44.6 Å². The maximum absolute atomic E-state index is 13.3. The molecule has 176 valence electrons. The fourth-order valence-electron chi connectivity index (χ4n) is 4.12. The van der Waals surface area contributed by atoms with Gasteiger partial charge in [-0.15, -0.1) is 0 Å². The van der Waals surface area contributed by atoms with E-state index in [2.05, 4.69) is 10.3 Å². The summed E-state index contributed by atoms with van der Waals surface area (Å²) in [6, 6.07) is 12.6. The summed E-state index contributed by atoms with van der Waals surface area (Å²) >= 11 is 0. The van der Waals surface area contributed by atoms with Gasteiger partial charge in [0.15, 0.2) is 0 Å². The highest BCUT2D eigenvalue weighted by Crippen LogP contribution is 2.29. The minimum atomic E-state index is -3.73. The molecule has 0 radical (unpaired) electrons. The number of para-hydroxylation sites is 2. The van der Waals surface area contributed by atoms with Crippen LogP contribution >= 0.6 is 0 Å². The molecule has 1 N–H and O–H groups in total. The summed E-state index contributed by atoms with van der Waals surface area (Å²) in [6.45, 7) is 9.36. The number of nitrogens with one attached hydrogen (secondary N) is 1. The lowest BCUT2D eigenvalue weighted by Crippen LogP contribution is -2.41. The molecule has 1 saturated heterocycles. The fraction of sp³-hybridized carbons (Fsp3) is 0.417. The average molecular weight is 471 g/mol. The highest BCUT2D eigenvalue weighted by Gasteiger charge is 2.29. The summed E-state index contributed by atoms with van der Waals surface area (Å²) in [5.41, 5.74) is 2.32. The molecule has 0 atom stereocenters. The van der Waals surface area contributed by atoms with Gasteiger partial charge in [-0.3, -0.25) is 10.1 Å². The van der Waals surface area contributed by atoms with Crippen LogP contribution in [0.5, 0.6) is 0 Å². The lowest BCUT2D eigenvalue weighted by Gasteiger charge is -2.27. The molecule has 9 heteroatoms. The van der Waals surface area contributed by atoms with Crippen molar-refractivity contribution in [2.24, 2.45) is 0 Å². The molecule has 33 heavy (non-hydrogen) atoms. The number of morpholine rings is 1. The van der Waals surface area contributed by atoms with Crippen LogP contribution in [-0.2, 0) is 26.7 Å². The fourth-order valence-corrected chi connectivity index (χ4v) is 5.84. The average Bonchev–Trinajstić information content (AvgIpc) is 3.17. The first kappa shape index (κ1) is 23.4. The second-order valence-corrected chi connectivity index (χ2v) is 11.0. The summed E-state index contributed by atoms with van der Waals surface area (Å²) in [7, 11) is -3.73. The summed E-state index contributed by atoms with van der Waals surface area (Å²) in [6.07, 6.45) is 0.542. The van der Waals surface area contributed by atoms with Crippen molar-refractivity contribution in [3.05, 3.63) is 53.6 Å². The Morgan fingerprint density at radius 3 is 2.48 bits per heavy atom. The topological polar surface area (TPSA) is 93.5 Å². The van der Waals surface area contributed by atoms with Crippen molar-refractivity contribution in [2.75, 3.05) is 31.6 Å². The normalized spacial score (nSPS) is 15.6. The Balaban J connectivity index is 1.71. The molecular formula is C24H30N4O4S. The summed E-state index contributed by atoms with van der Waals surface area (Å²) < 4.78 is 35.4. The van der Waals surface area contributed by atoms with Crippen LogP contribution in [-0.4, -0.2) is 54.5 Å². The predicted molar refractivity (Wildman–Crippen MR) is 128 cm³/mol. The molecule has 2 aromatic carbocycles. The zero-order valence-corrected chi connectivity index (χ0v) is 20.3. The minimum Gasteiger partial charge on any atom is -0.379 e. The molecule has 0 saturated carbocycles. The van der Waals surface area contributed by atoms with Gasteiger partial charge in [0.05, 0.1) is 29.1 Å². The maximum Gasteiger partial charge on any atom is 0.258 e. The van der Waals surface area contributed by atoms with Crippen molar-refractivity contribution in [3.63, 3.8) is 0 Å². The third-order valence-electron chi connectivity index (χ3n) is 5.76. The molecule has 8 nitrogen and oxygen atoms in total. The van der Waals surface area contributed by atoms with E-state index >= 15 is 0 Å². The molecule has 1 aromatic heterocycles. The molecule has 1 amide bonds. The summed E-state index contributed by atoms with van der Waals surface area (Å²) in [4.78, 5) is 18.0. The SMILES string of the molecule is CCc1ccc(C(=O)Nc2nc3ccccc3n2C(C)(C)C)cc1S(=O)(=O)N1CCOCC1. The number of hydrogen-bond acceptors (Lipinski definition) is 5. The van der Waals surface area contributed by atoms with Crippen molar-refractivity contribution in [1.29, 1.82) is 0 Å². The van der Waals surface area contributed by atoms with Gasteiger partial charge in [0.2, 0.25) is 16.0 Å². The van der Waals surface area contributed by atoms with Gasteiger partial charge < -0.3 is 9.30 Å². The van der Waals surface area contributed by atoms with E-state index in [1.165, 1.54) is 10.4 Å². The third-order valence-corrected chi connectivity index (χ3v) is 7.74. The van der Waals surface area contributed by atoms with E-state index < -0.39 is 15.9 Å². The van der Waals surface area contributed by atoms with Crippen LogP contribution < -0.4 is 5.32 Å². The molecule has 4 rings (SSSR count). The number of anilines is 1. The van der Waals surface area contributed by atoms with Crippen LogP contribution in [0.2, 0.25) is 0 Å². The molecule has 3 aromatic rings. The zero-order valence-electron chi connectivity index (χ0n) is 19.5. The van der Waals surface area contributed by atoms with Crippen molar-refractivity contribution in [1.82, 2.24) is 13.9 Å². The molecule has 0 unspecified atom stereocenters. The number of benzene rings is 2. The number of carbonyl (C=O) groups is 1. The van der Waals surface area contributed by atoms with Crippen LogP contribution in [0.4, 0.5) is 5.95 Å². The van der Waals surface area contributed by atoms with Crippen LogP contribution in [0.3, 0.4) is 0 Å². The number of nitrogens with zero attached hydrogens (tertiary/aromatic N) is 3. The number of aryl methyl sites for hydroxylation is 1. The Labute approximate surface area is 194 Å². The summed E-state index contributed by atoms with van der Waals surface area (Å²) in [5, 5.41) is 2.90. The largest absolute Gasteiger partial charge is 0.379 e. The van der Waals surface area contributed by atoms with E-state index in [9.17, 15) is 13.2 Å². The van der Waals surface area contributed by atoms with Gasteiger partial charge in [0.1, 0.15) is 0 Å². The molecular weight excluding hydrogens is 440 g/mol. The number of ether oxygens (including phenoxy) is 1. The zero-order chi connectivity index (χ0) is 23.8. The highest BCUT2D eigenvalue weighted by atomic mass is 32.2. The van der Waals surface area contributed by atoms with E-state index in [1.807, 2.05) is 56.5 Å². The van der Waals surface area contributed by atoms with Gasteiger partial charge >= 0.3 is 0 Å². The number of sulfonamides is 1. The van der Waals surface area contributed by atoms with E-state index in [-0.39, 0.29) is 16.0 Å². The van der Waals surface area contributed by atoms with E-state index in [0.717, 1.165) is 11.0 Å². The predicted octanol–water partition coefficient (Wildman–Crippen LogP) is 3.63. The quantitative estimate of drug-likeness (QED) is 0.615. The third kappa shape index (κ3) is 4.53. The monoisotopic (exact) mass is 470 g/mol. The Bertz CT molecular complexity index is 1290. The Morgan fingerprint density at radius 1 is 1.12 bits per heavy atom. The number of rotatable bonds is 5. The van der Waals surface area contributed by atoms with Crippen LogP contribution in [0, 0.1) is 0 Å². The van der Waals surface area contributed by atoms with E-state index in [1.54, 1.807) is 12.1 Å². The minimum absolute atomic E-state index is 0.170. The Hall–Kier alpha value is -2.75. The second kappa shape index (κ2) is 8.89. The molecule has 0 spiro atoms. The van der Waals surface area contributed by atoms with Crippen molar-refractivity contribution in [3.8, 4) is 0 Å². The lowest BCUT2D eigenvalue weighted by molar-refractivity contribution is 0.0730. The van der Waals surface area contributed by atoms with Gasteiger partial charge in [0, 0.05) is 24.2 Å². The lowest BCUT2D eigenvalue weighted by atomic mass is 10.1. The Morgan fingerprint density at radius 2 is 1.82 bits per heavy atom. The number of imidazole rings is 1. The molecule has 0 aliphatic carbocycles. The first-order chi connectivity index (χ1) is 15.6. The van der Waals surface area contributed by atoms with Crippen molar-refractivity contribution < 1.29 is 17.9 Å². The number of aromatic nitrogens is 2. The van der Waals surface area contributed by atoms with Crippen LogP contribution in [0.1, 0.15) is 43.6 Å². The number of amides is 1. The number of fused-ring (bicyclic) bond motifs is 1. The molecule has 2 heterocycles. The molecule has 1 aliphatic heterocycles.